The number of morpholine rings is 1. The van der Waals surface area contributed by atoms with Crippen molar-refractivity contribution in [3.63, 3.8) is 0 Å². The number of nitrogens with zero attached hydrogens (tertiary/aromatic N) is 4. The molecule has 1 aromatic carbocycles. The van der Waals surface area contributed by atoms with Crippen LogP contribution in [0.15, 0.2) is 41.6 Å². The van der Waals surface area contributed by atoms with Crippen molar-refractivity contribution >= 4 is 34.7 Å². The Hall–Kier alpha value is -3.26. The van der Waals surface area contributed by atoms with E-state index in [1.165, 1.54) is 5.01 Å². The maximum absolute atomic E-state index is 12.8. The number of benzene rings is 1. The molecule has 1 N–H and O–H groups in total. The molecule has 30 heavy (non-hydrogen) atoms. The van der Waals surface area contributed by atoms with E-state index in [1.54, 1.807) is 6.20 Å². The standard InChI is InChI=1S/C22H25N5O3/c1-15-3-4-16(2)19(13-15)27-21(28)8-6-18(25-27)22(29)24-17-5-7-20(23-14-17)26-9-11-30-12-10-26/h3-5,7,13-14H,6,8-12H2,1-2H3,(H,24,29). The number of aryl methyl sites for hydroxylation is 2. The molecule has 3 heterocycles. The fourth-order valence-electron chi connectivity index (χ4n) is 3.50. The second-order valence-corrected chi connectivity index (χ2v) is 7.50. The number of ether oxygens (including phenoxy) is 1. The molecule has 0 atom stereocenters. The Morgan fingerprint density at radius 3 is 2.63 bits per heavy atom. The van der Waals surface area contributed by atoms with Gasteiger partial charge in [0.25, 0.3) is 5.91 Å². The van der Waals surface area contributed by atoms with Gasteiger partial charge >= 0.3 is 0 Å². The van der Waals surface area contributed by atoms with Crippen LogP contribution in [0.2, 0.25) is 0 Å². The number of hydrogen-bond donors (Lipinski definition) is 1. The molecule has 0 saturated carbocycles. The number of amides is 2. The Morgan fingerprint density at radius 1 is 1.10 bits per heavy atom. The molecule has 0 radical (unpaired) electrons. The molecule has 2 amide bonds. The van der Waals surface area contributed by atoms with Gasteiger partial charge in [-0.05, 0) is 43.2 Å². The third-order valence-corrected chi connectivity index (χ3v) is 5.23. The lowest BCUT2D eigenvalue weighted by atomic mass is 10.1. The molecular formula is C22H25N5O3. The predicted molar refractivity (Wildman–Crippen MR) is 116 cm³/mol. The number of carbonyl (C=O) groups is 2. The smallest absolute Gasteiger partial charge is 0.271 e. The van der Waals surface area contributed by atoms with Crippen LogP contribution in [0.4, 0.5) is 17.2 Å². The van der Waals surface area contributed by atoms with E-state index in [0.29, 0.717) is 36.7 Å². The van der Waals surface area contributed by atoms with Crippen LogP contribution in [0.5, 0.6) is 0 Å². The fraction of sp³-hybridized carbons (Fsp3) is 0.364. The molecule has 1 saturated heterocycles. The van der Waals surface area contributed by atoms with Crippen LogP contribution in [-0.4, -0.2) is 48.8 Å². The topological polar surface area (TPSA) is 87.1 Å². The van der Waals surface area contributed by atoms with Gasteiger partial charge in [0.15, 0.2) is 0 Å². The first kappa shape index (κ1) is 20.0. The van der Waals surface area contributed by atoms with Crippen LogP contribution in [0.3, 0.4) is 0 Å². The lowest BCUT2D eigenvalue weighted by Gasteiger charge is -2.27. The van der Waals surface area contributed by atoms with E-state index in [2.05, 4.69) is 20.3 Å². The fourth-order valence-corrected chi connectivity index (χ4v) is 3.50. The van der Waals surface area contributed by atoms with Crippen molar-refractivity contribution in [2.45, 2.75) is 26.7 Å². The second kappa shape index (κ2) is 8.62. The zero-order chi connectivity index (χ0) is 21.1. The quantitative estimate of drug-likeness (QED) is 0.842. The lowest BCUT2D eigenvalue weighted by Crippen LogP contribution is -2.37. The van der Waals surface area contributed by atoms with Crippen LogP contribution in [0, 0.1) is 13.8 Å². The molecule has 2 aromatic rings. The van der Waals surface area contributed by atoms with Gasteiger partial charge in [-0.1, -0.05) is 12.1 Å². The van der Waals surface area contributed by atoms with Crippen molar-refractivity contribution in [1.29, 1.82) is 0 Å². The minimum absolute atomic E-state index is 0.114. The minimum atomic E-state index is -0.321. The minimum Gasteiger partial charge on any atom is -0.378 e. The van der Waals surface area contributed by atoms with E-state index >= 15 is 0 Å². The average molecular weight is 407 g/mol. The van der Waals surface area contributed by atoms with Crippen molar-refractivity contribution in [3.8, 4) is 0 Å². The van der Waals surface area contributed by atoms with E-state index < -0.39 is 0 Å². The summed E-state index contributed by atoms with van der Waals surface area (Å²) >= 11 is 0. The molecule has 0 spiro atoms. The maximum atomic E-state index is 12.8. The molecule has 8 heteroatoms. The van der Waals surface area contributed by atoms with Gasteiger partial charge in [0.1, 0.15) is 11.5 Å². The highest BCUT2D eigenvalue weighted by Crippen LogP contribution is 2.25. The van der Waals surface area contributed by atoms with E-state index in [0.717, 1.165) is 30.0 Å². The monoisotopic (exact) mass is 407 g/mol. The molecule has 2 aliphatic rings. The van der Waals surface area contributed by atoms with Crippen LogP contribution in [0.25, 0.3) is 0 Å². The first-order valence-corrected chi connectivity index (χ1v) is 10.1. The summed E-state index contributed by atoms with van der Waals surface area (Å²) in [6.07, 6.45) is 2.19. The molecule has 0 bridgehead atoms. The number of rotatable bonds is 4. The molecule has 0 unspecified atom stereocenters. The van der Waals surface area contributed by atoms with E-state index in [1.807, 2.05) is 44.2 Å². The number of nitrogens with one attached hydrogen (secondary N) is 1. The highest BCUT2D eigenvalue weighted by molar-refractivity contribution is 6.44. The summed E-state index contributed by atoms with van der Waals surface area (Å²) in [5, 5.41) is 8.56. The van der Waals surface area contributed by atoms with Crippen LogP contribution in [0.1, 0.15) is 24.0 Å². The zero-order valence-corrected chi connectivity index (χ0v) is 17.2. The average Bonchev–Trinajstić information content (AvgIpc) is 2.77. The summed E-state index contributed by atoms with van der Waals surface area (Å²) in [6, 6.07) is 9.55. The van der Waals surface area contributed by atoms with E-state index in [9.17, 15) is 9.59 Å². The van der Waals surface area contributed by atoms with Gasteiger partial charge in [-0.2, -0.15) is 5.10 Å². The molecule has 2 aliphatic heterocycles. The Morgan fingerprint density at radius 2 is 1.90 bits per heavy atom. The Kier molecular flexibility index (Phi) is 5.76. The van der Waals surface area contributed by atoms with Gasteiger partial charge in [0.2, 0.25) is 5.91 Å². The number of aromatic nitrogens is 1. The number of carbonyl (C=O) groups excluding carboxylic acids is 2. The summed E-state index contributed by atoms with van der Waals surface area (Å²) in [5.41, 5.74) is 3.59. The van der Waals surface area contributed by atoms with Gasteiger partial charge in [-0.3, -0.25) is 9.59 Å². The number of anilines is 3. The van der Waals surface area contributed by atoms with E-state index in [-0.39, 0.29) is 18.2 Å². The van der Waals surface area contributed by atoms with Crippen LogP contribution in [-0.2, 0) is 14.3 Å². The maximum Gasteiger partial charge on any atom is 0.271 e. The van der Waals surface area contributed by atoms with Crippen molar-refractivity contribution < 1.29 is 14.3 Å². The molecule has 0 aliphatic carbocycles. The molecular weight excluding hydrogens is 382 g/mol. The predicted octanol–water partition coefficient (Wildman–Crippen LogP) is 2.66. The number of hydrazone groups is 1. The number of pyridine rings is 1. The summed E-state index contributed by atoms with van der Waals surface area (Å²) in [7, 11) is 0. The van der Waals surface area contributed by atoms with Crippen molar-refractivity contribution in [2.75, 3.05) is 41.5 Å². The first-order valence-electron chi connectivity index (χ1n) is 10.1. The first-order chi connectivity index (χ1) is 14.5. The molecule has 1 fully saturated rings. The highest BCUT2D eigenvalue weighted by atomic mass is 16.5. The normalized spacial score (nSPS) is 17.0. The second-order valence-electron chi connectivity index (χ2n) is 7.50. The molecule has 4 rings (SSSR count). The molecule has 1 aromatic heterocycles. The van der Waals surface area contributed by atoms with Crippen molar-refractivity contribution in [2.24, 2.45) is 5.10 Å². The Labute approximate surface area is 175 Å². The zero-order valence-electron chi connectivity index (χ0n) is 17.2. The van der Waals surface area contributed by atoms with Gasteiger partial charge in [-0.25, -0.2) is 9.99 Å². The summed E-state index contributed by atoms with van der Waals surface area (Å²) < 4.78 is 5.36. The largest absolute Gasteiger partial charge is 0.378 e. The van der Waals surface area contributed by atoms with Gasteiger partial charge < -0.3 is 15.0 Å². The summed E-state index contributed by atoms with van der Waals surface area (Å²) in [6.45, 7) is 6.87. The molecule has 8 nitrogen and oxygen atoms in total. The highest BCUT2D eigenvalue weighted by Gasteiger charge is 2.26. The SMILES string of the molecule is Cc1ccc(C)c(N2N=C(C(=O)Nc3ccc(N4CCOCC4)nc3)CCC2=O)c1. The lowest BCUT2D eigenvalue weighted by molar-refractivity contribution is -0.118. The van der Waals surface area contributed by atoms with Gasteiger partial charge in [-0.15, -0.1) is 0 Å². The Balaban J connectivity index is 1.48. The summed E-state index contributed by atoms with van der Waals surface area (Å²) in [5.74, 6) is 0.425. The number of hydrogen-bond acceptors (Lipinski definition) is 6. The van der Waals surface area contributed by atoms with Gasteiger partial charge in [0, 0.05) is 25.9 Å². The molecule has 156 valence electrons. The van der Waals surface area contributed by atoms with E-state index in [4.69, 9.17) is 4.74 Å². The Bertz CT molecular complexity index is 981. The van der Waals surface area contributed by atoms with Crippen LogP contribution >= 0.6 is 0 Å². The van der Waals surface area contributed by atoms with Gasteiger partial charge in [0.05, 0.1) is 30.8 Å². The van der Waals surface area contributed by atoms with Crippen molar-refractivity contribution in [1.82, 2.24) is 4.98 Å². The summed E-state index contributed by atoms with van der Waals surface area (Å²) in [4.78, 5) is 31.8. The third-order valence-electron chi connectivity index (χ3n) is 5.23. The third kappa shape index (κ3) is 4.33. The van der Waals surface area contributed by atoms with Crippen LogP contribution < -0.4 is 15.2 Å². The van der Waals surface area contributed by atoms with Crippen molar-refractivity contribution in [3.05, 3.63) is 47.7 Å².